The van der Waals surface area contributed by atoms with Gasteiger partial charge >= 0.3 is 0 Å². The van der Waals surface area contributed by atoms with Crippen LogP contribution in [0, 0.1) is 0 Å². The minimum Gasteiger partial charge on any atom is -0.337 e. The third-order valence-electron chi connectivity index (χ3n) is 5.63. The predicted molar refractivity (Wildman–Crippen MR) is 106 cm³/mol. The standard InChI is InChI=1S/C21H22Cl2N2O/c1-24-19(13-25-10-4-5-11-25)15-6-2-3-7-16(15)20(21(24)26)14-8-9-17(22)18(23)12-14/h2-3,6-9,12,19-20H,4-5,10-11,13H2,1H3. The average molecular weight is 389 g/mol. The summed E-state index contributed by atoms with van der Waals surface area (Å²) >= 11 is 12.3. The Morgan fingerprint density at radius 2 is 1.69 bits per heavy atom. The van der Waals surface area contributed by atoms with Crippen LogP contribution in [-0.4, -0.2) is 42.4 Å². The third-order valence-corrected chi connectivity index (χ3v) is 6.37. The molecule has 2 aromatic carbocycles. The van der Waals surface area contributed by atoms with Crippen molar-refractivity contribution in [2.75, 3.05) is 26.7 Å². The van der Waals surface area contributed by atoms with E-state index < -0.39 is 0 Å². The molecule has 2 aromatic rings. The summed E-state index contributed by atoms with van der Waals surface area (Å²) in [4.78, 5) is 17.7. The van der Waals surface area contributed by atoms with Gasteiger partial charge in [0, 0.05) is 13.6 Å². The molecular formula is C21H22Cl2N2O. The van der Waals surface area contributed by atoms with E-state index in [-0.39, 0.29) is 17.9 Å². The van der Waals surface area contributed by atoms with E-state index in [0.29, 0.717) is 10.0 Å². The first-order chi connectivity index (χ1) is 12.6. The topological polar surface area (TPSA) is 23.6 Å². The number of hydrogen-bond acceptors (Lipinski definition) is 2. The van der Waals surface area contributed by atoms with Crippen LogP contribution < -0.4 is 0 Å². The highest BCUT2D eigenvalue weighted by molar-refractivity contribution is 6.42. The largest absolute Gasteiger partial charge is 0.337 e. The molecule has 2 aliphatic heterocycles. The number of carbonyl (C=O) groups excluding carboxylic acids is 1. The first kappa shape index (κ1) is 17.8. The Morgan fingerprint density at radius 1 is 1.00 bits per heavy atom. The SMILES string of the molecule is CN1C(=O)C(c2ccc(Cl)c(Cl)c2)c2ccccc2C1CN1CCCC1. The van der Waals surface area contributed by atoms with Crippen LogP contribution in [0.3, 0.4) is 0 Å². The third kappa shape index (κ3) is 3.13. The van der Waals surface area contributed by atoms with Gasteiger partial charge < -0.3 is 9.80 Å². The molecule has 3 nitrogen and oxygen atoms in total. The fourth-order valence-corrected chi connectivity index (χ4v) is 4.53. The van der Waals surface area contributed by atoms with Crippen LogP contribution in [0.15, 0.2) is 42.5 Å². The molecular weight excluding hydrogens is 367 g/mol. The summed E-state index contributed by atoms with van der Waals surface area (Å²) in [5.74, 6) is -0.216. The number of carbonyl (C=O) groups is 1. The van der Waals surface area contributed by atoms with Crippen molar-refractivity contribution in [3.8, 4) is 0 Å². The van der Waals surface area contributed by atoms with Gasteiger partial charge in [-0.15, -0.1) is 0 Å². The van der Waals surface area contributed by atoms with E-state index in [1.54, 1.807) is 6.07 Å². The quantitative estimate of drug-likeness (QED) is 0.758. The van der Waals surface area contributed by atoms with Gasteiger partial charge in [0.05, 0.1) is 22.0 Å². The van der Waals surface area contributed by atoms with Crippen molar-refractivity contribution in [3.63, 3.8) is 0 Å². The van der Waals surface area contributed by atoms with Gasteiger partial charge in [0.2, 0.25) is 5.91 Å². The fraction of sp³-hybridized carbons (Fsp3) is 0.381. The van der Waals surface area contributed by atoms with E-state index in [0.717, 1.165) is 30.8 Å². The smallest absolute Gasteiger partial charge is 0.234 e. The second-order valence-corrected chi connectivity index (χ2v) is 8.02. The fourth-order valence-electron chi connectivity index (χ4n) is 4.22. The lowest BCUT2D eigenvalue weighted by Gasteiger charge is -2.40. The summed E-state index contributed by atoms with van der Waals surface area (Å²) in [6.07, 6.45) is 2.50. The van der Waals surface area contributed by atoms with Gasteiger partial charge in [-0.05, 0) is 54.8 Å². The first-order valence-electron chi connectivity index (χ1n) is 9.09. The van der Waals surface area contributed by atoms with Gasteiger partial charge in [-0.25, -0.2) is 0 Å². The van der Waals surface area contributed by atoms with Crippen LogP contribution in [0.1, 0.15) is 41.5 Å². The molecule has 0 saturated carbocycles. The Balaban J connectivity index is 1.76. The summed E-state index contributed by atoms with van der Waals surface area (Å²) in [5.41, 5.74) is 3.21. The number of likely N-dealkylation sites (N-methyl/N-ethyl adjacent to an activating group) is 1. The highest BCUT2D eigenvalue weighted by Gasteiger charge is 2.39. The van der Waals surface area contributed by atoms with E-state index in [1.807, 2.05) is 30.1 Å². The van der Waals surface area contributed by atoms with Crippen molar-refractivity contribution >= 4 is 29.1 Å². The van der Waals surface area contributed by atoms with Gasteiger partial charge in [0.25, 0.3) is 0 Å². The molecule has 1 amide bonds. The molecule has 0 radical (unpaired) electrons. The van der Waals surface area contributed by atoms with Crippen molar-refractivity contribution in [2.24, 2.45) is 0 Å². The van der Waals surface area contributed by atoms with Crippen molar-refractivity contribution < 1.29 is 4.79 Å². The van der Waals surface area contributed by atoms with E-state index >= 15 is 0 Å². The van der Waals surface area contributed by atoms with Crippen molar-refractivity contribution in [3.05, 3.63) is 69.2 Å². The maximum Gasteiger partial charge on any atom is 0.234 e. The van der Waals surface area contributed by atoms with Gasteiger partial charge in [-0.2, -0.15) is 0 Å². The number of rotatable bonds is 3. The zero-order valence-electron chi connectivity index (χ0n) is 14.8. The molecule has 2 aliphatic rings. The van der Waals surface area contributed by atoms with E-state index in [1.165, 1.54) is 18.4 Å². The van der Waals surface area contributed by atoms with E-state index in [4.69, 9.17) is 23.2 Å². The lowest BCUT2D eigenvalue weighted by molar-refractivity contribution is -0.134. The molecule has 0 aromatic heterocycles. The second kappa shape index (κ2) is 7.22. The molecule has 136 valence electrons. The minimum atomic E-state index is -0.333. The summed E-state index contributed by atoms with van der Waals surface area (Å²) in [6.45, 7) is 3.14. The summed E-state index contributed by atoms with van der Waals surface area (Å²) in [5, 5.41) is 0.989. The maximum absolute atomic E-state index is 13.3. The molecule has 2 atom stereocenters. The zero-order valence-corrected chi connectivity index (χ0v) is 16.3. The Kier molecular flexibility index (Phi) is 4.96. The van der Waals surface area contributed by atoms with Gasteiger partial charge in [-0.1, -0.05) is 53.5 Å². The van der Waals surface area contributed by atoms with Crippen LogP contribution >= 0.6 is 23.2 Å². The molecule has 2 unspecified atom stereocenters. The van der Waals surface area contributed by atoms with Gasteiger partial charge in [0.1, 0.15) is 0 Å². The van der Waals surface area contributed by atoms with Crippen LogP contribution in [0.2, 0.25) is 10.0 Å². The number of benzene rings is 2. The molecule has 1 fully saturated rings. The summed E-state index contributed by atoms with van der Waals surface area (Å²) in [7, 11) is 1.92. The summed E-state index contributed by atoms with van der Waals surface area (Å²) < 4.78 is 0. The molecule has 4 rings (SSSR count). The van der Waals surface area contributed by atoms with Crippen molar-refractivity contribution in [1.29, 1.82) is 0 Å². The molecule has 26 heavy (non-hydrogen) atoms. The lowest BCUT2D eigenvalue weighted by Crippen LogP contribution is -2.45. The number of halogens is 2. The Bertz CT molecular complexity index is 833. The molecule has 0 aliphatic carbocycles. The number of fused-ring (bicyclic) bond motifs is 1. The van der Waals surface area contributed by atoms with Crippen LogP contribution in [0.25, 0.3) is 0 Å². The first-order valence-corrected chi connectivity index (χ1v) is 9.84. The zero-order chi connectivity index (χ0) is 18.3. The number of likely N-dealkylation sites (tertiary alicyclic amines) is 1. The number of amides is 1. The van der Waals surface area contributed by atoms with Crippen LogP contribution in [0.4, 0.5) is 0 Å². The predicted octanol–water partition coefficient (Wildman–Crippen LogP) is 4.73. The molecule has 1 saturated heterocycles. The Morgan fingerprint density at radius 3 is 2.38 bits per heavy atom. The lowest BCUT2D eigenvalue weighted by atomic mass is 9.81. The monoisotopic (exact) mass is 388 g/mol. The average Bonchev–Trinajstić information content (AvgIpc) is 3.15. The van der Waals surface area contributed by atoms with Crippen molar-refractivity contribution in [2.45, 2.75) is 24.8 Å². The number of hydrogen-bond donors (Lipinski definition) is 0. The highest BCUT2D eigenvalue weighted by atomic mass is 35.5. The molecule has 0 bridgehead atoms. The van der Waals surface area contributed by atoms with E-state index in [2.05, 4.69) is 23.1 Å². The number of nitrogens with zero attached hydrogens (tertiary/aromatic N) is 2. The normalized spacial score (nSPS) is 23.3. The summed E-state index contributed by atoms with van der Waals surface area (Å²) in [6, 6.07) is 13.9. The minimum absolute atomic E-state index is 0.0934. The molecule has 2 heterocycles. The Labute approximate surface area is 164 Å². The Hall–Kier alpha value is -1.55. The molecule has 0 N–H and O–H groups in total. The van der Waals surface area contributed by atoms with E-state index in [9.17, 15) is 4.79 Å². The highest BCUT2D eigenvalue weighted by Crippen LogP contribution is 2.41. The van der Waals surface area contributed by atoms with Gasteiger partial charge in [-0.3, -0.25) is 4.79 Å². The molecule has 0 spiro atoms. The second-order valence-electron chi connectivity index (χ2n) is 7.21. The van der Waals surface area contributed by atoms with Crippen LogP contribution in [0.5, 0.6) is 0 Å². The molecule has 5 heteroatoms. The maximum atomic E-state index is 13.3. The van der Waals surface area contributed by atoms with Crippen LogP contribution in [-0.2, 0) is 4.79 Å². The van der Waals surface area contributed by atoms with Gasteiger partial charge in [0.15, 0.2) is 0 Å². The van der Waals surface area contributed by atoms with Crippen molar-refractivity contribution in [1.82, 2.24) is 9.80 Å².